The van der Waals surface area contributed by atoms with Gasteiger partial charge in [-0.25, -0.2) is 0 Å². The van der Waals surface area contributed by atoms with E-state index in [0.717, 1.165) is 31.4 Å². The minimum Gasteiger partial charge on any atom is -0.490 e. The molecule has 2 aromatic carbocycles. The largest absolute Gasteiger partial charge is 0.490 e. The predicted molar refractivity (Wildman–Crippen MR) is 154 cm³/mol. The molecule has 2 amide bonds. The van der Waals surface area contributed by atoms with Crippen molar-refractivity contribution in [3.63, 3.8) is 0 Å². The first kappa shape index (κ1) is 28.8. The topological polar surface area (TPSA) is 82.1 Å². The van der Waals surface area contributed by atoms with Gasteiger partial charge < -0.3 is 14.2 Å². The minimum absolute atomic E-state index is 0.216. The van der Waals surface area contributed by atoms with Crippen LogP contribution in [-0.4, -0.2) is 40.8 Å². The highest BCUT2D eigenvalue weighted by molar-refractivity contribution is 14.1. The van der Waals surface area contributed by atoms with Crippen LogP contribution >= 0.6 is 34.4 Å². The van der Waals surface area contributed by atoms with E-state index in [1.807, 2.05) is 37.3 Å². The van der Waals surface area contributed by atoms with Crippen LogP contribution in [0.2, 0.25) is 0 Å². The number of esters is 1. The fraction of sp³-hybridized carbons (Fsp3) is 0.321. The maximum atomic E-state index is 12.9. The summed E-state index contributed by atoms with van der Waals surface area (Å²) in [6.45, 7) is 11.3. The summed E-state index contributed by atoms with van der Waals surface area (Å²) in [7, 11) is 0. The van der Waals surface area contributed by atoms with Gasteiger partial charge in [0.2, 0.25) is 0 Å². The first-order valence-corrected chi connectivity index (χ1v) is 13.6. The van der Waals surface area contributed by atoms with Crippen molar-refractivity contribution in [1.29, 1.82) is 0 Å². The number of thioether (sulfide) groups is 1. The molecule has 2 aromatic rings. The maximum absolute atomic E-state index is 12.9. The molecule has 3 rings (SSSR count). The van der Waals surface area contributed by atoms with Crippen LogP contribution in [0.25, 0.3) is 6.08 Å². The summed E-state index contributed by atoms with van der Waals surface area (Å²) in [5, 5.41) is -0.518. The Morgan fingerprint density at radius 2 is 1.84 bits per heavy atom. The molecule has 1 fully saturated rings. The van der Waals surface area contributed by atoms with Crippen molar-refractivity contribution in [2.45, 2.75) is 46.3 Å². The number of rotatable bonds is 10. The van der Waals surface area contributed by atoms with Crippen molar-refractivity contribution in [1.82, 2.24) is 4.90 Å². The van der Waals surface area contributed by atoms with Crippen molar-refractivity contribution >= 4 is 57.5 Å². The highest BCUT2D eigenvalue weighted by Gasteiger charge is 2.37. The molecule has 0 bridgehead atoms. The van der Waals surface area contributed by atoms with E-state index in [-0.39, 0.29) is 4.91 Å². The van der Waals surface area contributed by atoms with Gasteiger partial charge in [0.25, 0.3) is 11.1 Å². The van der Waals surface area contributed by atoms with E-state index < -0.39 is 29.3 Å². The molecule has 0 spiro atoms. The average molecular weight is 636 g/mol. The van der Waals surface area contributed by atoms with E-state index >= 15 is 0 Å². The Kier molecular flexibility index (Phi) is 9.83. The zero-order valence-corrected chi connectivity index (χ0v) is 24.3. The molecule has 1 aliphatic heterocycles. The summed E-state index contributed by atoms with van der Waals surface area (Å²) in [6.07, 6.45) is 3.91. The number of allylic oxidation sites excluding steroid dienone is 1. The number of benzene rings is 2. The molecule has 1 saturated heterocycles. The van der Waals surface area contributed by atoms with E-state index in [1.54, 1.807) is 39.0 Å². The van der Waals surface area contributed by atoms with Crippen molar-refractivity contribution in [3.8, 4) is 11.5 Å². The molecule has 0 unspecified atom stereocenters. The number of amides is 2. The van der Waals surface area contributed by atoms with Gasteiger partial charge in [-0.15, -0.1) is 6.58 Å². The van der Waals surface area contributed by atoms with Gasteiger partial charge in [0.05, 0.1) is 11.5 Å². The molecule has 0 radical (unpaired) electrons. The zero-order chi connectivity index (χ0) is 27.2. The number of halogens is 1. The highest BCUT2D eigenvalue weighted by atomic mass is 127. The van der Waals surface area contributed by atoms with E-state index in [4.69, 9.17) is 14.2 Å². The van der Waals surface area contributed by atoms with E-state index in [2.05, 4.69) is 29.2 Å². The first-order valence-electron chi connectivity index (χ1n) is 11.8. The Morgan fingerprint density at radius 3 is 2.46 bits per heavy atom. The van der Waals surface area contributed by atoms with Gasteiger partial charge in [0, 0.05) is 9.13 Å². The van der Waals surface area contributed by atoms with E-state index in [1.165, 1.54) is 0 Å². The van der Waals surface area contributed by atoms with Crippen LogP contribution in [0.15, 0.2) is 54.0 Å². The summed E-state index contributed by atoms with van der Waals surface area (Å²) in [5.41, 5.74) is 1.82. The highest BCUT2D eigenvalue weighted by Crippen LogP contribution is 2.38. The van der Waals surface area contributed by atoms with Crippen molar-refractivity contribution in [2.75, 3.05) is 13.2 Å². The molecule has 0 atom stereocenters. The standard InChI is InChI=1S/C28H30INO6S/c1-6-8-20-13-19(14-22(34-7-2)25(20)35-17-18-9-11-21(29)12-10-18)15-23-26(32)30(27(33)37-23)16-24(31)36-28(3,4)5/h6,9-15H,1,7-8,16-17H2,2-5H3. The molecular weight excluding hydrogens is 605 g/mol. The van der Waals surface area contributed by atoms with Gasteiger partial charge in [0.1, 0.15) is 18.8 Å². The van der Waals surface area contributed by atoms with Crippen LogP contribution < -0.4 is 9.47 Å². The average Bonchev–Trinajstić information content (AvgIpc) is 3.06. The molecule has 1 aliphatic rings. The zero-order valence-electron chi connectivity index (χ0n) is 21.3. The molecule has 0 aromatic heterocycles. The number of hydrogen-bond acceptors (Lipinski definition) is 7. The third kappa shape index (κ3) is 8.10. The van der Waals surface area contributed by atoms with Gasteiger partial charge in [-0.2, -0.15) is 0 Å². The maximum Gasteiger partial charge on any atom is 0.326 e. The summed E-state index contributed by atoms with van der Waals surface area (Å²) in [6, 6.07) is 11.7. The SMILES string of the molecule is C=CCc1cc(C=C2SC(=O)N(CC(=O)OC(C)(C)C)C2=O)cc(OCC)c1OCc1ccc(I)cc1. The Morgan fingerprint density at radius 1 is 1.14 bits per heavy atom. The minimum atomic E-state index is -0.713. The molecule has 9 heteroatoms. The number of imide groups is 1. The molecule has 1 heterocycles. The Bertz CT molecular complexity index is 1220. The van der Waals surface area contributed by atoms with Gasteiger partial charge in [-0.3, -0.25) is 19.3 Å². The third-order valence-electron chi connectivity index (χ3n) is 4.99. The summed E-state index contributed by atoms with van der Waals surface area (Å²) >= 11 is 3.04. The fourth-order valence-electron chi connectivity index (χ4n) is 3.53. The molecular formula is C28H30INO6S. The van der Waals surface area contributed by atoms with Crippen molar-refractivity contribution in [3.05, 3.63) is 74.2 Å². The van der Waals surface area contributed by atoms with E-state index in [9.17, 15) is 14.4 Å². The normalized spacial score (nSPS) is 14.7. The Labute approximate surface area is 235 Å². The second-order valence-corrected chi connectivity index (χ2v) is 11.4. The third-order valence-corrected chi connectivity index (χ3v) is 6.62. The second-order valence-electron chi connectivity index (χ2n) is 9.20. The second kappa shape index (κ2) is 12.6. The number of ether oxygens (including phenoxy) is 3. The molecule has 0 saturated carbocycles. The van der Waals surface area contributed by atoms with Crippen LogP contribution in [0, 0.1) is 3.57 Å². The quantitative estimate of drug-likeness (QED) is 0.130. The fourth-order valence-corrected chi connectivity index (χ4v) is 4.73. The van der Waals surface area contributed by atoms with Gasteiger partial charge in [-0.1, -0.05) is 18.2 Å². The molecule has 196 valence electrons. The monoisotopic (exact) mass is 635 g/mol. The smallest absolute Gasteiger partial charge is 0.326 e. The predicted octanol–water partition coefficient (Wildman–Crippen LogP) is 6.38. The summed E-state index contributed by atoms with van der Waals surface area (Å²) in [4.78, 5) is 38.7. The number of hydrogen-bond donors (Lipinski definition) is 0. The Balaban J connectivity index is 1.87. The van der Waals surface area contributed by atoms with Crippen molar-refractivity contribution in [2.24, 2.45) is 0 Å². The van der Waals surface area contributed by atoms with Crippen molar-refractivity contribution < 1.29 is 28.6 Å². The Hall–Kier alpha value is -2.79. The van der Waals surface area contributed by atoms with Gasteiger partial charge >= 0.3 is 5.97 Å². The number of nitrogens with zero attached hydrogens (tertiary/aromatic N) is 1. The van der Waals surface area contributed by atoms with Crippen LogP contribution in [0.1, 0.15) is 44.4 Å². The number of carbonyl (C=O) groups is 3. The molecule has 7 nitrogen and oxygen atoms in total. The van der Waals surface area contributed by atoms with Gasteiger partial charge in [-0.05, 0) is 110 Å². The van der Waals surface area contributed by atoms with E-state index in [0.29, 0.717) is 36.7 Å². The van der Waals surface area contributed by atoms with Crippen LogP contribution in [-0.2, 0) is 27.4 Å². The lowest BCUT2D eigenvalue weighted by molar-refractivity contribution is -0.156. The van der Waals surface area contributed by atoms with Crippen LogP contribution in [0.5, 0.6) is 11.5 Å². The summed E-state index contributed by atoms with van der Waals surface area (Å²) in [5.74, 6) is -0.0391. The molecule has 37 heavy (non-hydrogen) atoms. The molecule has 0 aliphatic carbocycles. The lowest BCUT2D eigenvalue weighted by Gasteiger charge is -2.21. The number of carbonyl (C=O) groups excluding carboxylic acids is 3. The first-order chi connectivity index (χ1) is 17.5. The summed E-state index contributed by atoms with van der Waals surface area (Å²) < 4.78 is 18.5. The lowest BCUT2D eigenvalue weighted by Crippen LogP contribution is -2.37. The molecule has 0 N–H and O–H groups in total. The van der Waals surface area contributed by atoms with Crippen LogP contribution in [0.3, 0.4) is 0 Å². The van der Waals surface area contributed by atoms with Crippen LogP contribution in [0.4, 0.5) is 4.79 Å². The lowest BCUT2D eigenvalue weighted by atomic mass is 10.0. The van der Waals surface area contributed by atoms with Gasteiger partial charge in [0.15, 0.2) is 11.5 Å².